The molecule has 1 aromatic carbocycles. The molecule has 0 spiro atoms. The lowest BCUT2D eigenvalue weighted by atomic mass is 10.2. The average molecular weight is 239 g/mol. The van der Waals surface area contributed by atoms with Gasteiger partial charge in [-0.15, -0.1) is 0 Å². The minimum atomic E-state index is 0.282. The van der Waals surface area contributed by atoms with Gasteiger partial charge in [0.25, 0.3) is 0 Å². The van der Waals surface area contributed by atoms with Gasteiger partial charge in [-0.1, -0.05) is 6.07 Å². The third-order valence-corrected chi connectivity index (χ3v) is 3.11. The van der Waals surface area contributed by atoms with Crippen LogP contribution in [-0.2, 0) is 7.05 Å². The summed E-state index contributed by atoms with van der Waals surface area (Å²) in [6.45, 7) is 0. The Morgan fingerprint density at radius 2 is 2.06 bits per heavy atom. The van der Waals surface area contributed by atoms with E-state index in [1.165, 1.54) is 0 Å². The number of hydrogen-bond donors (Lipinski definition) is 2. The maximum Gasteiger partial charge on any atom is 0.124 e. The summed E-state index contributed by atoms with van der Waals surface area (Å²) in [5.74, 6) is 0.282. The summed E-state index contributed by atoms with van der Waals surface area (Å²) in [6.07, 6.45) is 1.63. The summed E-state index contributed by atoms with van der Waals surface area (Å²) in [7, 11) is 1.95. The molecule has 2 heterocycles. The first-order valence-electron chi connectivity index (χ1n) is 5.66. The minimum absolute atomic E-state index is 0.282. The summed E-state index contributed by atoms with van der Waals surface area (Å²) in [4.78, 5) is 4.31. The number of pyridine rings is 1. The second-order valence-electron chi connectivity index (χ2n) is 4.28. The first kappa shape index (κ1) is 10.7. The minimum Gasteiger partial charge on any atom is -0.507 e. The summed E-state index contributed by atoms with van der Waals surface area (Å²) in [5, 5.41) is 10.7. The number of aromatic nitrogens is 2. The van der Waals surface area contributed by atoms with Crippen molar-refractivity contribution in [1.82, 2.24) is 9.55 Å². The monoisotopic (exact) mass is 239 g/mol. The molecular formula is C14H13N3O. The second-order valence-corrected chi connectivity index (χ2v) is 4.28. The van der Waals surface area contributed by atoms with Crippen molar-refractivity contribution in [3.8, 4) is 17.1 Å². The van der Waals surface area contributed by atoms with Crippen molar-refractivity contribution in [1.29, 1.82) is 0 Å². The Kier molecular flexibility index (Phi) is 2.23. The van der Waals surface area contributed by atoms with Crippen LogP contribution in [0.15, 0.2) is 42.6 Å². The number of fused-ring (bicyclic) bond motifs is 1. The molecule has 0 aliphatic rings. The molecule has 0 fully saturated rings. The van der Waals surface area contributed by atoms with E-state index in [9.17, 15) is 5.11 Å². The maximum atomic E-state index is 9.85. The van der Waals surface area contributed by atoms with E-state index in [2.05, 4.69) is 4.98 Å². The first-order chi connectivity index (χ1) is 8.66. The van der Waals surface area contributed by atoms with E-state index in [4.69, 9.17) is 5.73 Å². The number of benzene rings is 1. The highest BCUT2D eigenvalue weighted by molar-refractivity contribution is 5.91. The van der Waals surface area contributed by atoms with E-state index in [-0.39, 0.29) is 5.75 Å². The molecule has 3 N–H and O–H groups in total. The number of phenolic OH excluding ortho intramolecular Hbond substituents is 1. The van der Waals surface area contributed by atoms with Crippen LogP contribution in [0.2, 0.25) is 0 Å². The number of aromatic hydroxyl groups is 1. The Labute approximate surface area is 104 Å². The van der Waals surface area contributed by atoms with Gasteiger partial charge in [0.15, 0.2) is 0 Å². The fraction of sp³-hybridized carbons (Fsp3) is 0.0714. The molecule has 4 heteroatoms. The summed E-state index contributed by atoms with van der Waals surface area (Å²) < 4.78 is 2.01. The predicted molar refractivity (Wildman–Crippen MR) is 72.2 cm³/mol. The normalized spacial score (nSPS) is 10.9. The lowest BCUT2D eigenvalue weighted by Crippen LogP contribution is -1.94. The van der Waals surface area contributed by atoms with Crippen molar-refractivity contribution >= 4 is 16.6 Å². The van der Waals surface area contributed by atoms with Crippen molar-refractivity contribution in [2.45, 2.75) is 0 Å². The van der Waals surface area contributed by atoms with Crippen LogP contribution in [0.5, 0.6) is 5.75 Å². The number of nitrogen functional groups attached to an aromatic ring is 1. The van der Waals surface area contributed by atoms with Crippen molar-refractivity contribution in [3.05, 3.63) is 42.6 Å². The molecule has 4 nitrogen and oxygen atoms in total. The molecule has 0 atom stereocenters. The number of rotatable bonds is 1. The number of phenols is 1. The van der Waals surface area contributed by atoms with Crippen LogP contribution < -0.4 is 5.73 Å². The summed E-state index contributed by atoms with van der Waals surface area (Å²) in [5.41, 5.74) is 9.03. The molecule has 90 valence electrons. The summed E-state index contributed by atoms with van der Waals surface area (Å²) in [6, 6.07) is 11.1. The van der Waals surface area contributed by atoms with Crippen LogP contribution in [0.3, 0.4) is 0 Å². The van der Waals surface area contributed by atoms with E-state index in [0.717, 1.165) is 22.3 Å². The van der Waals surface area contributed by atoms with E-state index >= 15 is 0 Å². The Balaban J connectivity index is 2.27. The maximum absolute atomic E-state index is 9.85. The SMILES string of the molecule is Cn1c(-c2ccc(N)cn2)cc2c(O)cccc21. The van der Waals surface area contributed by atoms with Crippen LogP contribution in [0.1, 0.15) is 0 Å². The molecule has 0 amide bonds. The van der Waals surface area contributed by atoms with E-state index in [1.54, 1.807) is 12.3 Å². The molecule has 0 unspecified atom stereocenters. The van der Waals surface area contributed by atoms with Crippen LogP contribution in [-0.4, -0.2) is 14.7 Å². The highest BCUT2D eigenvalue weighted by Crippen LogP contribution is 2.31. The van der Waals surface area contributed by atoms with E-state index < -0.39 is 0 Å². The number of nitrogens with zero attached hydrogens (tertiary/aromatic N) is 2. The second kappa shape index (κ2) is 3.77. The Bertz CT molecular complexity index is 714. The third-order valence-electron chi connectivity index (χ3n) is 3.11. The Morgan fingerprint density at radius 1 is 1.22 bits per heavy atom. The van der Waals surface area contributed by atoms with Gasteiger partial charge in [0.05, 0.1) is 28.8 Å². The molecule has 0 radical (unpaired) electrons. The third kappa shape index (κ3) is 1.50. The van der Waals surface area contributed by atoms with Crippen molar-refractivity contribution in [2.24, 2.45) is 7.05 Å². The van der Waals surface area contributed by atoms with Gasteiger partial charge in [-0.3, -0.25) is 4.98 Å². The van der Waals surface area contributed by atoms with Gasteiger partial charge >= 0.3 is 0 Å². The number of nitrogens with two attached hydrogens (primary N) is 1. The zero-order valence-corrected chi connectivity index (χ0v) is 9.96. The summed E-state index contributed by atoms with van der Waals surface area (Å²) >= 11 is 0. The molecule has 0 aliphatic heterocycles. The smallest absolute Gasteiger partial charge is 0.124 e. The fourth-order valence-corrected chi connectivity index (χ4v) is 2.15. The van der Waals surface area contributed by atoms with Crippen LogP contribution in [0.25, 0.3) is 22.3 Å². The van der Waals surface area contributed by atoms with Crippen LogP contribution in [0, 0.1) is 0 Å². The highest BCUT2D eigenvalue weighted by Gasteiger charge is 2.10. The predicted octanol–water partition coefficient (Wildman–Crippen LogP) is 2.53. The number of hydrogen-bond acceptors (Lipinski definition) is 3. The zero-order valence-electron chi connectivity index (χ0n) is 9.96. The molecule has 0 saturated carbocycles. The standard InChI is InChI=1S/C14H13N3O/c1-17-12-3-2-4-14(18)10(12)7-13(17)11-6-5-9(15)8-16-11/h2-8,18H,15H2,1H3. The molecule has 0 bridgehead atoms. The van der Waals surface area contributed by atoms with Gasteiger partial charge in [0, 0.05) is 12.4 Å². The van der Waals surface area contributed by atoms with Gasteiger partial charge in [0.2, 0.25) is 0 Å². The molecule has 3 aromatic rings. The van der Waals surface area contributed by atoms with Gasteiger partial charge in [0.1, 0.15) is 5.75 Å². The van der Waals surface area contributed by atoms with Crippen LogP contribution >= 0.6 is 0 Å². The molecule has 3 rings (SSSR count). The van der Waals surface area contributed by atoms with Crippen LogP contribution in [0.4, 0.5) is 5.69 Å². The van der Waals surface area contributed by atoms with Crippen molar-refractivity contribution in [2.75, 3.05) is 5.73 Å². The molecule has 2 aromatic heterocycles. The van der Waals surface area contributed by atoms with Gasteiger partial charge in [-0.2, -0.15) is 0 Å². The first-order valence-corrected chi connectivity index (χ1v) is 5.66. The number of anilines is 1. The fourth-order valence-electron chi connectivity index (χ4n) is 2.15. The number of aryl methyl sites for hydroxylation is 1. The molecule has 18 heavy (non-hydrogen) atoms. The quantitative estimate of drug-likeness (QED) is 0.685. The average Bonchev–Trinajstić information content (AvgIpc) is 2.70. The lowest BCUT2D eigenvalue weighted by Gasteiger charge is -2.03. The van der Waals surface area contributed by atoms with Crippen molar-refractivity contribution in [3.63, 3.8) is 0 Å². The molecule has 0 aliphatic carbocycles. The van der Waals surface area contributed by atoms with Gasteiger partial charge < -0.3 is 15.4 Å². The topological polar surface area (TPSA) is 64.1 Å². The lowest BCUT2D eigenvalue weighted by molar-refractivity contribution is 0.481. The van der Waals surface area contributed by atoms with Crippen molar-refractivity contribution < 1.29 is 5.11 Å². The van der Waals surface area contributed by atoms with Gasteiger partial charge in [-0.05, 0) is 30.3 Å². The van der Waals surface area contributed by atoms with E-state index in [1.807, 2.05) is 41.9 Å². The Hall–Kier alpha value is -2.49. The van der Waals surface area contributed by atoms with Gasteiger partial charge in [-0.25, -0.2) is 0 Å². The Morgan fingerprint density at radius 3 is 2.72 bits per heavy atom. The molecular weight excluding hydrogens is 226 g/mol. The zero-order chi connectivity index (χ0) is 12.7. The van der Waals surface area contributed by atoms with E-state index in [0.29, 0.717) is 5.69 Å². The highest BCUT2D eigenvalue weighted by atomic mass is 16.3. The largest absolute Gasteiger partial charge is 0.507 e. The molecule has 0 saturated heterocycles.